The predicted octanol–water partition coefficient (Wildman–Crippen LogP) is 6.75. The normalized spacial score (nSPS) is 15.9. The smallest absolute Gasteiger partial charge is 0.152 e. The SMILES string of the molecule is Cc1ccc2[nH]cc(C3OC(c4ccc(Cl)cc4)=Cc4ccccc43)c2c1. The van der Waals surface area contributed by atoms with E-state index in [1.54, 1.807) is 0 Å². The molecular weight excluding hydrogens is 354 g/mol. The van der Waals surface area contributed by atoms with Crippen molar-refractivity contribution in [3.8, 4) is 0 Å². The number of H-pyrrole nitrogens is 1. The fourth-order valence-electron chi connectivity index (χ4n) is 3.72. The van der Waals surface area contributed by atoms with Crippen LogP contribution in [-0.2, 0) is 4.74 Å². The number of ether oxygens (including phenoxy) is 1. The summed E-state index contributed by atoms with van der Waals surface area (Å²) in [6.45, 7) is 2.12. The van der Waals surface area contributed by atoms with E-state index in [2.05, 4.69) is 66.6 Å². The van der Waals surface area contributed by atoms with E-state index in [1.807, 2.05) is 24.3 Å². The molecule has 4 aromatic rings. The highest BCUT2D eigenvalue weighted by atomic mass is 35.5. The van der Waals surface area contributed by atoms with Crippen LogP contribution in [-0.4, -0.2) is 4.98 Å². The zero-order valence-electron chi connectivity index (χ0n) is 14.9. The summed E-state index contributed by atoms with van der Waals surface area (Å²) < 4.78 is 6.53. The minimum atomic E-state index is -0.160. The summed E-state index contributed by atoms with van der Waals surface area (Å²) in [5.41, 5.74) is 6.90. The number of halogens is 1. The maximum Gasteiger partial charge on any atom is 0.152 e. The molecule has 0 saturated carbocycles. The lowest BCUT2D eigenvalue weighted by Gasteiger charge is -2.27. The summed E-state index contributed by atoms with van der Waals surface area (Å²) in [5.74, 6) is 0.859. The lowest BCUT2D eigenvalue weighted by atomic mass is 9.92. The number of hydrogen-bond donors (Lipinski definition) is 1. The van der Waals surface area contributed by atoms with E-state index < -0.39 is 0 Å². The van der Waals surface area contributed by atoms with E-state index >= 15 is 0 Å². The van der Waals surface area contributed by atoms with Crippen LogP contribution in [0.2, 0.25) is 5.02 Å². The van der Waals surface area contributed by atoms with Gasteiger partial charge in [-0.05, 0) is 55.0 Å². The Morgan fingerprint density at radius 2 is 1.74 bits per heavy atom. The predicted molar refractivity (Wildman–Crippen MR) is 112 cm³/mol. The molecule has 1 unspecified atom stereocenters. The number of aryl methyl sites for hydroxylation is 1. The molecule has 0 bridgehead atoms. The summed E-state index contributed by atoms with van der Waals surface area (Å²) in [6, 6.07) is 22.7. The Morgan fingerprint density at radius 1 is 0.926 bits per heavy atom. The Hall–Kier alpha value is -2.97. The Kier molecular flexibility index (Phi) is 3.80. The number of hydrogen-bond acceptors (Lipinski definition) is 1. The molecule has 3 heteroatoms. The molecule has 1 atom stereocenters. The lowest BCUT2D eigenvalue weighted by Crippen LogP contribution is -2.11. The van der Waals surface area contributed by atoms with Crippen LogP contribution in [0.3, 0.4) is 0 Å². The van der Waals surface area contributed by atoms with Crippen LogP contribution >= 0.6 is 11.6 Å². The monoisotopic (exact) mass is 371 g/mol. The van der Waals surface area contributed by atoms with E-state index in [-0.39, 0.29) is 6.10 Å². The van der Waals surface area contributed by atoms with E-state index in [1.165, 1.54) is 22.1 Å². The molecule has 0 saturated heterocycles. The number of aromatic amines is 1. The van der Waals surface area contributed by atoms with E-state index in [4.69, 9.17) is 16.3 Å². The first-order valence-corrected chi connectivity index (χ1v) is 9.38. The van der Waals surface area contributed by atoms with E-state index in [9.17, 15) is 0 Å². The van der Waals surface area contributed by atoms with Crippen LogP contribution in [0.25, 0.3) is 22.7 Å². The highest BCUT2D eigenvalue weighted by Gasteiger charge is 2.27. The first-order chi connectivity index (χ1) is 13.2. The molecular formula is C24H18ClNO. The van der Waals surface area contributed by atoms with Crippen molar-refractivity contribution in [3.63, 3.8) is 0 Å². The van der Waals surface area contributed by atoms with Gasteiger partial charge >= 0.3 is 0 Å². The van der Waals surface area contributed by atoms with Crippen molar-refractivity contribution in [2.75, 3.05) is 0 Å². The van der Waals surface area contributed by atoms with Gasteiger partial charge in [-0.15, -0.1) is 0 Å². The van der Waals surface area contributed by atoms with Crippen LogP contribution in [0, 0.1) is 6.92 Å². The molecule has 0 radical (unpaired) electrons. The number of aromatic nitrogens is 1. The molecule has 5 rings (SSSR count). The van der Waals surface area contributed by atoms with Gasteiger partial charge in [-0.3, -0.25) is 0 Å². The number of rotatable bonds is 2. The highest BCUT2D eigenvalue weighted by Crippen LogP contribution is 2.41. The highest BCUT2D eigenvalue weighted by molar-refractivity contribution is 6.30. The van der Waals surface area contributed by atoms with Gasteiger partial charge in [-0.2, -0.15) is 0 Å². The van der Waals surface area contributed by atoms with Crippen molar-refractivity contribution in [1.29, 1.82) is 0 Å². The molecule has 1 N–H and O–H groups in total. The third-order valence-corrected chi connectivity index (χ3v) is 5.34. The van der Waals surface area contributed by atoms with E-state index in [0.29, 0.717) is 0 Å². The molecule has 3 aromatic carbocycles. The third kappa shape index (κ3) is 2.83. The van der Waals surface area contributed by atoms with E-state index in [0.717, 1.165) is 27.4 Å². The fourth-order valence-corrected chi connectivity index (χ4v) is 3.84. The minimum absolute atomic E-state index is 0.160. The molecule has 1 aliphatic heterocycles. The van der Waals surface area contributed by atoms with Crippen LogP contribution in [0.4, 0.5) is 0 Å². The summed E-state index contributed by atoms with van der Waals surface area (Å²) in [6.07, 6.45) is 4.01. The van der Waals surface area contributed by atoms with Gasteiger partial charge in [-0.25, -0.2) is 0 Å². The standard InChI is InChI=1S/C24H18ClNO/c1-15-6-11-22-20(12-15)21(14-26-22)24-19-5-3-2-4-17(19)13-23(27-24)16-7-9-18(25)10-8-16/h2-14,24,26H,1H3. The molecule has 0 aliphatic carbocycles. The molecule has 0 spiro atoms. The minimum Gasteiger partial charge on any atom is -0.480 e. The van der Waals surface area contributed by atoms with Crippen molar-refractivity contribution in [2.45, 2.75) is 13.0 Å². The first-order valence-electron chi connectivity index (χ1n) is 9.00. The second-order valence-corrected chi connectivity index (χ2v) is 7.37. The third-order valence-electron chi connectivity index (χ3n) is 5.09. The van der Waals surface area contributed by atoms with Gasteiger partial charge in [-0.1, -0.05) is 47.5 Å². The quantitative estimate of drug-likeness (QED) is 0.414. The second kappa shape index (κ2) is 6.33. The molecule has 0 fully saturated rings. The molecule has 2 nitrogen and oxygen atoms in total. The summed E-state index contributed by atoms with van der Waals surface area (Å²) in [4.78, 5) is 3.39. The van der Waals surface area contributed by atoms with Crippen molar-refractivity contribution >= 4 is 34.3 Å². The summed E-state index contributed by atoms with van der Waals surface area (Å²) in [7, 11) is 0. The van der Waals surface area contributed by atoms with Gasteiger partial charge in [0.2, 0.25) is 0 Å². The molecule has 132 valence electrons. The average molecular weight is 372 g/mol. The molecule has 27 heavy (non-hydrogen) atoms. The van der Waals surface area contributed by atoms with Crippen LogP contribution in [0.5, 0.6) is 0 Å². The van der Waals surface area contributed by atoms with Crippen LogP contribution in [0.15, 0.2) is 72.9 Å². The van der Waals surface area contributed by atoms with Gasteiger partial charge in [0.05, 0.1) is 0 Å². The van der Waals surface area contributed by atoms with Gasteiger partial charge in [0.1, 0.15) is 5.76 Å². The zero-order valence-corrected chi connectivity index (χ0v) is 15.6. The fraction of sp³-hybridized carbons (Fsp3) is 0.0833. The second-order valence-electron chi connectivity index (χ2n) is 6.94. The van der Waals surface area contributed by atoms with Gasteiger partial charge in [0.15, 0.2) is 6.10 Å². The number of nitrogens with one attached hydrogen (secondary N) is 1. The van der Waals surface area contributed by atoms with Crippen LogP contribution in [0.1, 0.15) is 33.9 Å². The summed E-state index contributed by atoms with van der Waals surface area (Å²) >= 11 is 6.06. The van der Waals surface area contributed by atoms with Crippen molar-refractivity contribution < 1.29 is 4.74 Å². The topological polar surface area (TPSA) is 25.0 Å². The zero-order chi connectivity index (χ0) is 18.4. The molecule has 2 heterocycles. The van der Waals surface area contributed by atoms with Gasteiger partial charge in [0, 0.05) is 38.8 Å². The van der Waals surface area contributed by atoms with Crippen molar-refractivity contribution in [3.05, 3.63) is 106 Å². The Morgan fingerprint density at radius 3 is 2.59 bits per heavy atom. The summed E-state index contributed by atoms with van der Waals surface area (Å²) in [5, 5.41) is 1.92. The van der Waals surface area contributed by atoms with Gasteiger partial charge < -0.3 is 9.72 Å². The van der Waals surface area contributed by atoms with Crippen molar-refractivity contribution in [2.24, 2.45) is 0 Å². The molecule has 1 aliphatic rings. The van der Waals surface area contributed by atoms with Crippen molar-refractivity contribution in [1.82, 2.24) is 4.98 Å². The van der Waals surface area contributed by atoms with Gasteiger partial charge in [0.25, 0.3) is 0 Å². The molecule has 1 aromatic heterocycles. The Bertz CT molecular complexity index is 1170. The first kappa shape index (κ1) is 16.2. The Balaban J connectivity index is 1.67. The van der Waals surface area contributed by atoms with Crippen LogP contribution < -0.4 is 0 Å². The number of benzene rings is 3. The lowest BCUT2D eigenvalue weighted by molar-refractivity contribution is 0.207. The maximum absolute atomic E-state index is 6.53. The number of fused-ring (bicyclic) bond motifs is 2. The molecule has 0 amide bonds. The maximum atomic E-state index is 6.53. The largest absolute Gasteiger partial charge is 0.480 e. The Labute approximate surface area is 163 Å². The average Bonchev–Trinajstić information content (AvgIpc) is 3.10.